The van der Waals surface area contributed by atoms with Gasteiger partial charge in [0, 0.05) is 6.54 Å². The van der Waals surface area contributed by atoms with Crippen LogP contribution in [0.2, 0.25) is 0 Å². The van der Waals surface area contributed by atoms with E-state index in [1.165, 1.54) is 0 Å². The molecule has 0 saturated carbocycles. The highest BCUT2D eigenvalue weighted by atomic mass is 16.4. The van der Waals surface area contributed by atoms with Crippen LogP contribution in [0.5, 0.6) is 0 Å². The molecule has 0 aromatic heterocycles. The molecule has 0 amide bonds. The Labute approximate surface area is 64.3 Å². The van der Waals surface area contributed by atoms with Crippen LogP contribution in [-0.2, 0) is 0 Å². The molecule has 1 aliphatic rings. The maximum Gasteiger partial charge on any atom is 0.109 e. The average molecular weight is 164 g/mol. The normalized spacial score (nSPS) is 45.8. The summed E-state index contributed by atoms with van der Waals surface area (Å²) in [5.74, 6) is 0. The average Bonchev–Trinajstić information content (AvgIpc) is 2.01. The van der Waals surface area contributed by atoms with E-state index in [4.69, 9.17) is 15.3 Å². The summed E-state index contributed by atoms with van der Waals surface area (Å²) in [5.41, 5.74) is 0. The van der Waals surface area contributed by atoms with Gasteiger partial charge >= 0.3 is 0 Å². The summed E-state index contributed by atoms with van der Waals surface area (Å²) in [6.07, 6.45) is -3.20. The molecule has 1 heterocycles. The lowest BCUT2D eigenvalue weighted by Gasteiger charge is -2.34. The Balaban J connectivity index is 2.52. The van der Waals surface area contributed by atoms with Gasteiger partial charge in [0.25, 0.3) is 0 Å². The number of hydrogen-bond acceptors (Lipinski definition) is 5. The molecule has 0 aromatic carbocycles. The van der Waals surface area contributed by atoms with Crippen LogP contribution in [0.3, 0.4) is 0 Å². The van der Waals surface area contributed by atoms with Crippen molar-refractivity contribution in [1.29, 1.82) is 0 Å². The van der Waals surface area contributed by atoms with Crippen LogP contribution in [0, 0.1) is 0 Å². The van der Waals surface area contributed by atoms with Crippen molar-refractivity contribution in [2.45, 2.75) is 24.4 Å². The highest BCUT2D eigenvalue weighted by Crippen LogP contribution is 2.09. The molecule has 0 aromatic rings. The lowest BCUT2D eigenvalue weighted by molar-refractivity contribution is -0.101. The fourth-order valence-electron chi connectivity index (χ4n) is 1.15. The molecule has 5 heteroatoms. The molecule has 0 radical (unpaired) electrons. The molecule has 1 fully saturated rings. The second kappa shape index (κ2) is 3.46. The minimum atomic E-state index is -1.16. The number of piperidine rings is 1. The first-order chi connectivity index (χ1) is 5.16. The van der Waals surface area contributed by atoms with E-state index >= 15 is 0 Å². The molecule has 11 heavy (non-hydrogen) atoms. The van der Waals surface area contributed by atoms with E-state index in [0.717, 1.165) is 0 Å². The number of nitrogens with one attached hydrogen (secondary N) is 1. The van der Waals surface area contributed by atoms with Gasteiger partial charge in [-0.2, -0.15) is 0 Å². The summed E-state index contributed by atoms with van der Waals surface area (Å²) in [5, 5.41) is 38.6. The third-order valence-electron chi connectivity index (χ3n) is 1.94. The van der Waals surface area contributed by atoms with E-state index in [1.54, 1.807) is 0 Å². The third-order valence-corrected chi connectivity index (χ3v) is 1.94. The highest BCUT2D eigenvalue weighted by Gasteiger charge is 2.35. The van der Waals surface area contributed by atoms with Crippen LogP contribution in [0.15, 0.2) is 0 Å². The van der Waals surface area contributed by atoms with E-state index in [1.807, 2.05) is 0 Å². The Morgan fingerprint density at radius 3 is 2.36 bits per heavy atom. The predicted octanol–water partition coefficient (Wildman–Crippen LogP) is -2.97. The second-order valence-corrected chi connectivity index (χ2v) is 2.75. The fourth-order valence-corrected chi connectivity index (χ4v) is 1.15. The highest BCUT2D eigenvalue weighted by molar-refractivity contribution is 4.91. The smallest absolute Gasteiger partial charge is 0.109 e. The molecular formula is C6H13NO4. The van der Waals surface area contributed by atoms with Crippen molar-refractivity contribution >= 4 is 0 Å². The molecule has 0 unspecified atom stereocenters. The molecule has 66 valence electrons. The summed E-state index contributed by atoms with van der Waals surface area (Å²) in [7, 11) is 0. The van der Waals surface area contributed by atoms with E-state index in [2.05, 4.69) is 5.32 Å². The van der Waals surface area contributed by atoms with E-state index in [-0.39, 0.29) is 13.2 Å². The van der Waals surface area contributed by atoms with Crippen molar-refractivity contribution in [3.63, 3.8) is 0 Å². The molecule has 5 nitrogen and oxygen atoms in total. The topological polar surface area (TPSA) is 93.0 Å². The Hall–Kier alpha value is -0.200. The van der Waals surface area contributed by atoms with E-state index < -0.39 is 24.4 Å². The lowest BCUT2D eigenvalue weighted by atomic mass is 9.99. The number of aliphatic hydroxyl groups excluding tert-OH is 4. The Morgan fingerprint density at radius 1 is 1.18 bits per heavy atom. The van der Waals surface area contributed by atoms with Crippen molar-refractivity contribution in [2.24, 2.45) is 0 Å². The summed E-state index contributed by atoms with van der Waals surface area (Å²) in [6.45, 7) is -0.0472. The minimum absolute atomic E-state index is 0.198. The van der Waals surface area contributed by atoms with Gasteiger partial charge < -0.3 is 25.7 Å². The minimum Gasteiger partial charge on any atom is -0.395 e. The van der Waals surface area contributed by atoms with Crippen LogP contribution in [0.1, 0.15) is 0 Å². The predicted molar refractivity (Wildman–Crippen MR) is 36.9 cm³/mol. The molecule has 1 rings (SSSR count). The van der Waals surface area contributed by atoms with Gasteiger partial charge in [0.2, 0.25) is 0 Å². The standard InChI is InChI=1S/C6H13NO4/c8-2-3-5(10)6(11)4(9)1-7-3/h3-11H,1-2H2/t3-,4+,5+,6-/m1/s1/i7+1. The number of rotatable bonds is 1. The van der Waals surface area contributed by atoms with Gasteiger partial charge in [-0.15, -0.1) is 0 Å². The molecule has 5 N–H and O–H groups in total. The first-order valence-electron chi connectivity index (χ1n) is 3.55. The monoisotopic (exact) mass is 164 g/mol. The molecule has 0 bridgehead atoms. The van der Waals surface area contributed by atoms with Gasteiger partial charge in [-0.1, -0.05) is 0 Å². The van der Waals surface area contributed by atoms with Gasteiger partial charge in [-0.3, -0.25) is 0 Å². The Kier molecular flexibility index (Phi) is 2.80. The molecule has 4 atom stereocenters. The first-order valence-corrected chi connectivity index (χ1v) is 3.55. The van der Waals surface area contributed by atoms with Crippen molar-refractivity contribution in [3.05, 3.63) is 0 Å². The number of β-amino-alcohol motifs (C(OH)–C–C–N with tert-alkyl or cyclic N) is 1. The summed E-state index contributed by atoms with van der Waals surface area (Å²) >= 11 is 0. The van der Waals surface area contributed by atoms with E-state index in [0.29, 0.717) is 0 Å². The van der Waals surface area contributed by atoms with Crippen LogP contribution >= 0.6 is 0 Å². The fraction of sp³-hybridized carbons (Fsp3) is 1.00. The number of aliphatic hydroxyl groups is 4. The summed E-state index contributed by atoms with van der Waals surface area (Å²) in [6, 6.07) is -0.534. The zero-order valence-corrected chi connectivity index (χ0v) is 6.01. The van der Waals surface area contributed by atoms with Gasteiger partial charge in [0.15, 0.2) is 0 Å². The molecule has 0 spiro atoms. The molecule has 1 aliphatic heterocycles. The quantitative estimate of drug-likeness (QED) is 0.267. The van der Waals surface area contributed by atoms with Crippen LogP contribution in [-0.4, -0.2) is 57.9 Å². The summed E-state index contributed by atoms with van der Waals surface area (Å²) < 4.78 is 0. The van der Waals surface area contributed by atoms with Crippen LogP contribution in [0.4, 0.5) is 0 Å². The van der Waals surface area contributed by atoms with Crippen molar-refractivity contribution in [1.82, 2.24) is 5.32 Å². The largest absolute Gasteiger partial charge is 0.395 e. The van der Waals surface area contributed by atoms with Crippen molar-refractivity contribution in [2.75, 3.05) is 13.2 Å². The van der Waals surface area contributed by atoms with Gasteiger partial charge in [0.05, 0.1) is 24.9 Å². The maximum atomic E-state index is 9.18. The van der Waals surface area contributed by atoms with Crippen LogP contribution < -0.4 is 5.32 Å². The van der Waals surface area contributed by atoms with E-state index in [9.17, 15) is 5.11 Å². The molecule has 0 aliphatic carbocycles. The zero-order valence-electron chi connectivity index (χ0n) is 6.01. The SMILES string of the molecule is OC[C@H]1[15NH]C[C@H](O)[C@@H](O)[C@H]1O. The van der Waals surface area contributed by atoms with Crippen molar-refractivity contribution < 1.29 is 20.4 Å². The second-order valence-electron chi connectivity index (χ2n) is 2.75. The molecular weight excluding hydrogens is 151 g/mol. The Morgan fingerprint density at radius 2 is 1.82 bits per heavy atom. The number of hydrogen-bond donors (Lipinski definition) is 5. The summed E-state index contributed by atoms with van der Waals surface area (Å²) in [4.78, 5) is 0. The van der Waals surface area contributed by atoms with Crippen molar-refractivity contribution in [3.8, 4) is 0 Å². The van der Waals surface area contributed by atoms with Gasteiger partial charge in [0.1, 0.15) is 6.10 Å². The Bertz CT molecular complexity index is 130. The lowest BCUT2D eigenvalue weighted by Crippen LogP contribution is -2.60. The maximum absolute atomic E-state index is 9.18. The van der Waals surface area contributed by atoms with Gasteiger partial charge in [-0.05, 0) is 0 Å². The third kappa shape index (κ3) is 1.69. The molecule has 1 saturated heterocycles. The zero-order chi connectivity index (χ0) is 8.43. The van der Waals surface area contributed by atoms with Gasteiger partial charge in [-0.25, -0.2) is 0 Å². The van der Waals surface area contributed by atoms with Crippen LogP contribution in [0.25, 0.3) is 0 Å². The first kappa shape index (κ1) is 8.89.